The van der Waals surface area contributed by atoms with Crippen LogP contribution in [-0.2, 0) is 4.79 Å². The van der Waals surface area contributed by atoms with Gasteiger partial charge in [-0.15, -0.1) is 0 Å². The van der Waals surface area contributed by atoms with Gasteiger partial charge in [-0.05, 0) is 42.8 Å². The Morgan fingerprint density at radius 2 is 2.09 bits per heavy atom. The highest BCUT2D eigenvalue weighted by atomic mass is 32.2. The molecule has 0 aromatic rings. The van der Waals surface area contributed by atoms with E-state index in [1.165, 1.54) is 24.3 Å². The third-order valence-electron chi connectivity index (χ3n) is 2.02. The van der Waals surface area contributed by atoms with Gasteiger partial charge < -0.3 is 0 Å². The fraction of sp³-hybridized carbons (Fsp3) is 0.667. The maximum absolute atomic E-state index is 9.96. The quantitative estimate of drug-likeness (QED) is 0.477. The van der Waals surface area contributed by atoms with Crippen LogP contribution in [0.3, 0.4) is 0 Å². The van der Waals surface area contributed by atoms with Gasteiger partial charge in [0.15, 0.2) is 0 Å². The lowest BCUT2D eigenvalue weighted by Crippen LogP contribution is -2.08. The highest BCUT2D eigenvalue weighted by Crippen LogP contribution is 2.25. The molecule has 0 aromatic carbocycles. The largest absolute Gasteiger partial charge is 0.299 e. The molecule has 1 saturated heterocycles. The normalized spacial score (nSPS) is 20.7. The standard InChI is InChI=1S/C9H14OS/c10-6-2-1-3-9-4-7-11-8-5-9/h1-2,6,9H,3-5,7-8H2/b2-1-. The Balaban J connectivity index is 2.14. The number of carbonyl (C=O) groups excluding carboxylic acids is 1. The SMILES string of the molecule is O=C/C=C\CC1CCSCC1. The summed E-state index contributed by atoms with van der Waals surface area (Å²) in [5.74, 6) is 3.45. The molecule has 0 unspecified atom stereocenters. The second-order valence-corrected chi connectivity index (χ2v) is 4.08. The Bertz CT molecular complexity index is 136. The van der Waals surface area contributed by atoms with Crippen molar-refractivity contribution >= 4 is 18.0 Å². The van der Waals surface area contributed by atoms with Crippen molar-refractivity contribution in [2.24, 2.45) is 5.92 Å². The molecule has 0 saturated carbocycles. The summed E-state index contributed by atoms with van der Waals surface area (Å²) in [5, 5.41) is 0. The number of aldehydes is 1. The summed E-state index contributed by atoms with van der Waals surface area (Å²) in [5.41, 5.74) is 0. The van der Waals surface area contributed by atoms with Gasteiger partial charge in [0.05, 0.1) is 0 Å². The topological polar surface area (TPSA) is 17.1 Å². The first-order chi connectivity index (χ1) is 5.43. The number of carbonyl (C=O) groups is 1. The minimum atomic E-state index is 0.840. The first-order valence-corrected chi connectivity index (χ1v) is 5.27. The molecule has 1 nitrogen and oxygen atoms in total. The summed E-state index contributed by atoms with van der Waals surface area (Å²) in [4.78, 5) is 9.96. The highest BCUT2D eigenvalue weighted by molar-refractivity contribution is 7.99. The van der Waals surface area contributed by atoms with Crippen molar-refractivity contribution in [2.45, 2.75) is 19.3 Å². The zero-order valence-electron chi connectivity index (χ0n) is 6.66. The Labute approximate surface area is 72.2 Å². The van der Waals surface area contributed by atoms with Crippen LogP contribution in [0, 0.1) is 5.92 Å². The van der Waals surface area contributed by atoms with E-state index in [-0.39, 0.29) is 0 Å². The molecule has 2 heteroatoms. The van der Waals surface area contributed by atoms with Crippen LogP contribution in [0.2, 0.25) is 0 Å². The van der Waals surface area contributed by atoms with Gasteiger partial charge >= 0.3 is 0 Å². The monoisotopic (exact) mass is 170 g/mol. The molecular formula is C9H14OS. The smallest absolute Gasteiger partial charge is 0.142 e. The fourth-order valence-corrected chi connectivity index (χ4v) is 2.51. The van der Waals surface area contributed by atoms with Gasteiger partial charge in [0.1, 0.15) is 6.29 Å². The fourth-order valence-electron chi connectivity index (χ4n) is 1.31. The molecule has 1 aliphatic heterocycles. The van der Waals surface area contributed by atoms with E-state index >= 15 is 0 Å². The molecule has 0 radical (unpaired) electrons. The van der Waals surface area contributed by atoms with Gasteiger partial charge in [-0.3, -0.25) is 4.79 Å². The van der Waals surface area contributed by atoms with Gasteiger partial charge in [-0.25, -0.2) is 0 Å². The van der Waals surface area contributed by atoms with Crippen molar-refractivity contribution in [1.82, 2.24) is 0 Å². The van der Waals surface area contributed by atoms with E-state index < -0.39 is 0 Å². The number of hydrogen-bond donors (Lipinski definition) is 0. The molecule has 0 spiro atoms. The Hall–Kier alpha value is -0.240. The van der Waals surface area contributed by atoms with Gasteiger partial charge in [-0.2, -0.15) is 11.8 Å². The van der Waals surface area contributed by atoms with E-state index in [1.807, 2.05) is 17.8 Å². The summed E-state index contributed by atoms with van der Waals surface area (Å²) in [6.07, 6.45) is 8.22. The molecule has 0 aliphatic carbocycles. The van der Waals surface area contributed by atoms with Crippen LogP contribution < -0.4 is 0 Å². The summed E-state index contributed by atoms with van der Waals surface area (Å²) in [6.45, 7) is 0. The molecule has 0 amide bonds. The van der Waals surface area contributed by atoms with Crippen LogP contribution >= 0.6 is 11.8 Å². The minimum Gasteiger partial charge on any atom is -0.299 e. The molecular weight excluding hydrogens is 156 g/mol. The van der Waals surface area contributed by atoms with Crippen LogP contribution in [0.5, 0.6) is 0 Å². The van der Waals surface area contributed by atoms with Gasteiger partial charge in [0.2, 0.25) is 0 Å². The molecule has 1 aliphatic rings. The molecule has 1 fully saturated rings. The first-order valence-electron chi connectivity index (χ1n) is 4.11. The van der Waals surface area contributed by atoms with E-state index in [1.54, 1.807) is 6.08 Å². The third kappa shape index (κ3) is 3.61. The van der Waals surface area contributed by atoms with Gasteiger partial charge in [-0.1, -0.05) is 6.08 Å². The second kappa shape index (κ2) is 5.42. The van der Waals surface area contributed by atoms with Gasteiger partial charge in [0.25, 0.3) is 0 Å². The summed E-state index contributed by atoms with van der Waals surface area (Å²) >= 11 is 2.04. The van der Waals surface area contributed by atoms with E-state index in [0.717, 1.165) is 18.6 Å². The zero-order valence-corrected chi connectivity index (χ0v) is 7.48. The molecule has 0 bridgehead atoms. The van der Waals surface area contributed by atoms with Crippen molar-refractivity contribution in [1.29, 1.82) is 0 Å². The average Bonchev–Trinajstić information content (AvgIpc) is 2.07. The minimum absolute atomic E-state index is 0.840. The molecule has 62 valence electrons. The predicted molar refractivity (Wildman–Crippen MR) is 49.9 cm³/mol. The molecule has 0 N–H and O–H groups in total. The lowest BCUT2D eigenvalue weighted by atomic mass is 9.99. The summed E-state index contributed by atoms with van der Waals surface area (Å²) < 4.78 is 0. The average molecular weight is 170 g/mol. The van der Waals surface area contributed by atoms with E-state index in [2.05, 4.69) is 0 Å². The van der Waals surface area contributed by atoms with Crippen molar-refractivity contribution in [3.05, 3.63) is 12.2 Å². The van der Waals surface area contributed by atoms with E-state index in [9.17, 15) is 4.79 Å². The van der Waals surface area contributed by atoms with Gasteiger partial charge in [0, 0.05) is 0 Å². The third-order valence-corrected chi connectivity index (χ3v) is 3.07. The van der Waals surface area contributed by atoms with E-state index in [0.29, 0.717) is 0 Å². The van der Waals surface area contributed by atoms with Crippen molar-refractivity contribution in [3.63, 3.8) is 0 Å². The van der Waals surface area contributed by atoms with Crippen molar-refractivity contribution < 1.29 is 4.79 Å². The van der Waals surface area contributed by atoms with Crippen LogP contribution in [0.15, 0.2) is 12.2 Å². The highest BCUT2D eigenvalue weighted by Gasteiger charge is 2.11. The van der Waals surface area contributed by atoms with Crippen molar-refractivity contribution in [3.8, 4) is 0 Å². The predicted octanol–water partition coefficient (Wildman–Crippen LogP) is 2.27. The Morgan fingerprint density at radius 3 is 2.73 bits per heavy atom. The molecule has 1 heterocycles. The lowest BCUT2D eigenvalue weighted by molar-refractivity contribution is -0.104. The number of hydrogen-bond acceptors (Lipinski definition) is 2. The number of thioether (sulfide) groups is 1. The lowest BCUT2D eigenvalue weighted by Gasteiger charge is -2.19. The van der Waals surface area contributed by atoms with Crippen molar-refractivity contribution in [2.75, 3.05) is 11.5 Å². The van der Waals surface area contributed by atoms with Crippen LogP contribution in [0.4, 0.5) is 0 Å². The maximum atomic E-state index is 9.96. The number of rotatable bonds is 3. The van der Waals surface area contributed by atoms with E-state index in [4.69, 9.17) is 0 Å². The number of allylic oxidation sites excluding steroid dienone is 2. The van der Waals surface area contributed by atoms with Crippen LogP contribution in [0.25, 0.3) is 0 Å². The first kappa shape index (κ1) is 8.85. The maximum Gasteiger partial charge on any atom is 0.142 e. The molecule has 11 heavy (non-hydrogen) atoms. The zero-order chi connectivity index (χ0) is 7.94. The summed E-state index contributed by atoms with van der Waals surface area (Å²) in [7, 11) is 0. The second-order valence-electron chi connectivity index (χ2n) is 2.86. The Morgan fingerprint density at radius 1 is 1.36 bits per heavy atom. The van der Waals surface area contributed by atoms with Crippen LogP contribution in [0.1, 0.15) is 19.3 Å². The summed E-state index contributed by atoms with van der Waals surface area (Å²) in [6, 6.07) is 0. The molecule has 0 atom stereocenters. The van der Waals surface area contributed by atoms with Crippen LogP contribution in [-0.4, -0.2) is 17.8 Å². The molecule has 1 rings (SSSR count). The molecule has 0 aromatic heterocycles. The Kier molecular flexibility index (Phi) is 4.36.